The topological polar surface area (TPSA) is 53.5 Å². The van der Waals surface area contributed by atoms with Crippen LogP contribution in [0.2, 0.25) is 0 Å². The maximum absolute atomic E-state index is 12.2. The van der Waals surface area contributed by atoms with Crippen molar-refractivity contribution in [1.82, 2.24) is 14.2 Å². The predicted octanol–water partition coefficient (Wildman–Crippen LogP) is 2.36. The van der Waals surface area contributed by atoms with Gasteiger partial charge in [-0.15, -0.1) is 0 Å². The van der Waals surface area contributed by atoms with Gasteiger partial charge in [-0.05, 0) is 62.2 Å². The van der Waals surface area contributed by atoms with E-state index in [1.54, 1.807) is 4.31 Å². The lowest BCUT2D eigenvalue weighted by Crippen LogP contribution is -2.37. The summed E-state index contributed by atoms with van der Waals surface area (Å²) in [4.78, 5) is 6.68. The summed E-state index contributed by atoms with van der Waals surface area (Å²) in [5.41, 5.74) is 1.27. The first-order valence-electron chi connectivity index (χ1n) is 9.17. The molecule has 2 aliphatic heterocycles. The molecule has 24 heavy (non-hydrogen) atoms. The van der Waals surface area contributed by atoms with Crippen molar-refractivity contribution in [2.75, 3.05) is 31.9 Å². The molecule has 6 heteroatoms. The minimum Gasteiger partial charge on any atom is -0.299 e. The molecule has 0 radical (unpaired) electrons. The van der Waals surface area contributed by atoms with E-state index in [9.17, 15) is 8.42 Å². The summed E-state index contributed by atoms with van der Waals surface area (Å²) in [5.74, 6) is 1.53. The molecule has 1 aromatic rings. The fourth-order valence-electron chi connectivity index (χ4n) is 4.11. The van der Waals surface area contributed by atoms with Crippen LogP contribution in [0, 0.1) is 11.8 Å². The van der Waals surface area contributed by atoms with Crippen LogP contribution in [0.15, 0.2) is 24.5 Å². The van der Waals surface area contributed by atoms with Gasteiger partial charge in [0.25, 0.3) is 0 Å². The highest BCUT2D eigenvalue weighted by molar-refractivity contribution is 7.89. The molecule has 0 bridgehead atoms. The van der Waals surface area contributed by atoms with Crippen LogP contribution in [-0.4, -0.2) is 54.5 Å². The third-order valence-electron chi connectivity index (χ3n) is 5.47. The number of piperidine rings is 1. The lowest BCUT2D eigenvalue weighted by atomic mass is 9.84. The van der Waals surface area contributed by atoms with Crippen molar-refractivity contribution >= 4 is 10.0 Å². The zero-order valence-corrected chi connectivity index (χ0v) is 15.4. The van der Waals surface area contributed by atoms with E-state index in [1.165, 1.54) is 18.4 Å². The molecule has 3 heterocycles. The summed E-state index contributed by atoms with van der Waals surface area (Å²) in [6.45, 7) is 6.60. The van der Waals surface area contributed by atoms with Gasteiger partial charge in [0.05, 0.1) is 5.75 Å². The van der Waals surface area contributed by atoms with Crippen LogP contribution in [0.25, 0.3) is 0 Å². The molecule has 3 rings (SSSR count). The molecule has 0 aromatic carbocycles. The van der Waals surface area contributed by atoms with Crippen LogP contribution < -0.4 is 0 Å². The Morgan fingerprint density at radius 3 is 2.58 bits per heavy atom. The van der Waals surface area contributed by atoms with Gasteiger partial charge in [-0.3, -0.25) is 9.88 Å². The molecule has 0 saturated carbocycles. The molecule has 2 saturated heterocycles. The van der Waals surface area contributed by atoms with Gasteiger partial charge in [0.1, 0.15) is 0 Å². The molecule has 0 amide bonds. The molecule has 1 atom stereocenters. The van der Waals surface area contributed by atoms with Gasteiger partial charge in [-0.2, -0.15) is 0 Å². The van der Waals surface area contributed by atoms with Crippen molar-refractivity contribution in [2.45, 2.75) is 39.2 Å². The molecular formula is C18H29N3O2S. The van der Waals surface area contributed by atoms with Gasteiger partial charge < -0.3 is 0 Å². The predicted molar refractivity (Wildman–Crippen MR) is 96.0 cm³/mol. The largest absolute Gasteiger partial charge is 0.299 e. The maximum Gasteiger partial charge on any atom is 0.214 e. The summed E-state index contributed by atoms with van der Waals surface area (Å²) in [5, 5.41) is 0. The number of aromatic nitrogens is 1. The summed E-state index contributed by atoms with van der Waals surface area (Å²) in [7, 11) is -3.02. The second kappa shape index (κ2) is 7.93. The van der Waals surface area contributed by atoms with E-state index < -0.39 is 10.0 Å². The highest BCUT2D eigenvalue weighted by Crippen LogP contribution is 2.33. The molecular weight excluding hydrogens is 322 g/mol. The number of rotatable bonds is 6. The van der Waals surface area contributed by atoms with Crippen molar-refractivity contribution in [3.63, 3.8) is 0 Å². The Morgan fingerprint density at radius 2 is 1.92 bits per heavy atom. The second-order valence-corrected chi connectivity index (χ2v) is 9.29. The van der Waals surface area contributed by atoms with Crippen LogP contribution in [-0.2, 0) is 16.6 Å². The van der Waals surface area contributed by atoms with Gasteiger partial charge >= 0.3 is 0 Å². The number of nitrogens with zero attached hydrogens (tertiary/aromatic N) is 3. The van der Waals surface area contributed by atoms with E-state index in [0.29, 0.717) is 24.0 Å². The molecule has 2 aliphatic rings. The molecule has 0 spiro atoms. The van der Waals surface area contributed by atoms with Crippen LogP contribution in [0.5, 0.6) is 0 Å². The SMILES string of the molecule is CCCS(=O)(=O)N1CC[C@H](C2CCN(Cc3cccnc3)CC2)C1. The fourth-order valence-corrected chi connectivity index (χ4v) is 5.69. The Hall–Kier alpha value is -0.980. The highest BCUT2D eigenvalue weighted by Gasteiger charge is 2.36. The first-order valence-corrected chi connectivity index (χ1v) is 10.8. The van der Waals surface area contributed by atoms with Crippen molar-refractivity contribution in [3.05, 3.63) is 30.1 Å². The molecule has 0 unspecified atom stereocenters. The lowest BCUT2D eigenvalue weighted by Gasteiger charge is -2.34. The van der Waals surface area contributed by atoms with Crippen LogP contribution in [0.4, 0.5) is 0 Å². The van der Waals surface area contributed by atoms with E-state index in [1.807, 2.05) is 25.4 Å². The first-order chi connectivity index (χ1) is 11.6. The Kier molecular flexibility index (Phi) is 5.89. The van der Waals surface area contributed by atoms with Crippen LogP contribution in [0.1, 0.15) is 38.2 Å². The van der Waals surface area contributed by atoms with E-state index in [0.717, 1.165) is 39.1 Å². The lowest BCUT2D eigenvalue weighted by molar-refractivity contribution is 0.144. The minimum absolute atomic E-state index is 0.295. The highest BCUT2D eigenvalue weighted by atomic mass is 32.2. The molecule has 2 fully saturated rings. The summed E-state index contributed by atoms with van der Waals surface area (Å²) < 4.78 is 26.2. The Balaban J connectivity index is 1.47. The van der Waals surface area contributed by atoms with Crippen molar-refractivity contribution in [1.29, 1.82) is 0 Å². The third-order valence-corrected chi connectivity index (χ3v) is 7.51. The second-order valence-electron chi connectivity index (χ2n) is 7.20. The molecule has 0 N–H and O–H groups in total. The van der Waals surface area contributed by atoms with Crippen molar-refractivity contribution in [3.8, 4) is 0 Å². The van der Waals surface area contributed by atoms with E-state index in [2.05, 4.69) is 16.0 Å². The average molecular weight is 352 g/mol. The smallest absolute Gasteiger partial charge is 0.214 e. The first kappa shape index (κ1) is 17.8. The number of hydrogen-bond donors (Lipinski definition) is 0. The summed E-state index contributed by atoms with van der Waals surface area (Å²) in [6, 6.07) is 4.12. The molecule has 1 aromatic heterocycles. The normalized spacial score (nSPS) is 24.5. The van der Waals surface area contributed by atoms with Crippen molar-refractivity contribution < 1.29 is 8.42 Å². The number of likely N-dealkylation sites (tertiary alicyclic amines) is 1. The molecule has 134 valence electrons. The minimum atomic E-state index is -3.02. The van der Waals surface area contributed by atoms with Gasteiger partial charge in [0.15, 0.2) is 0 Å². The van der Waals surface area contributed by atoms with Crippen LogP contribution in [0.3, 0.4) is 0 Å². The van der Waals surface area contributed by atoms with E-state index in [4.69, 9.17) is 0 Å². The van der Waals surface area contributed by atoms with Crippen LogP contribution >= 0.6 is 0 Å². The quantitative estimate of drug-likeness (QED) is 0.789. The van der Waals surface area contributed by atoms with E-state index >= 15 is 0 Å². The van der Waals surface area contributed by atoms with Gasteiger partial charge in [0.2, 0.25) is 10.0 Å². The maximum atomic E-state index is 12.2. The number of hydrogen-bond acceptors (Lipinski definition) is 4. The zero-order valence-electron chi connectivity index (χ0n) is 14.6. The fraction of sp³-hybridized carbons (Fsp3) is 0.722. The van der Waals surface area contributed by atoms with Crippen molar-refractivity contribution in [2.24, 2.45) is 11.8 Å². The number of sulfonamides is 1. The third kappa shape index (κ3) is 4.35. The Bertz CT molecular complexity index is 612. The monoisotopic (exact) mass is 351 g/mol. The standard InChI is InChI=1S/C18H29N3O2S/c1-2-12-24(22,23)21-11-7-18(15-21)17-5-9-20(10-6-17)14-16-4-3-8-19-13-16/h3-4,8,13,17-18H,2,5-7,9-12,14-15H2,1H3/t18-/m0/s1. The van der Waals surface area contributed by atoms with Gasteiger partial charge in [-0.1, -0.05) is 13.0 Å². The zero-order chi connectivity index (χ0) is 17.0. The Labute approximate surface area is 146 Å². The average Bonchev–Trinajstić information content (AvgIpc) is 3.07. The van der Waals surface area contributed by atoms with E-state index in [-0.39, 0.29) is 0 Å². The summed E-state index contributed by atoms with van der Waals surface area (Å²) >= 11 is 0. The summed E-state index contributed by atoms with van der Waals surface area (Å²) in [6.07, 6.45) is 7.87. The Morgan fingerprint density at radius 1 is 1.17 bits per heavy atom. The number of pyridine rings is 1. The van der Waals surface area contributed by atoms with Gasteiger partial charge in [-0.25, -0.2) is 12.7 Å². The van der Waals surface area contributed by atoms with Gasteiger partial charge in [0, 0.05) is 32.0 Å². The molecule has 5 nitrogen and oxygen atoms in total. The molecule has 0 aliphatic carbocycles.